The van der Waals surface area contributed by atoms with Crippen LogP contribution in [0.2, 0.25) is 0 Å². The number of nitrogens with two attached hydrogens (primary N) is 1. The second-order valence-corrected chi connectivity index (χ2v) is 5.13. The normalized spacial score (nSPS) is 10.8. The summed E-state index contributed by atoms with van der Waals surface area (Å²) >= 11 is 0. The Balaban J connectivity index is 0.00000256. The molecule has 0 amide bonds. The van der Waals surface area contributed by atoms with E-state index in [1.165, 1.54) is 12.1 Å². The molecule has 3 N–H and O–H groups in total. The van der Waals surface area contributed by atoms with Gasteiger partial charge in [0.2, 0.25) is 10.0 Å². The summed E-state index contributed by atoms with van der Waals surface area (Å²) in [4.78, 5) is 2.17. The molecule has 0 unspecified atom stereocenters. The van der Waals surface area contributed by atoms with Crippen LogP contribution in [0.15, 0.2) is 29.2 Å². The lowest BCUT2D eigenvalue weighted by atomic mass is 10.3. The Hall–Kier alpha value is -0.820. The minimum Gasteiger partial charge on any atom is -0.373 e. The molecule has 0 aliphatic carbocycles. The molecule has 1 aromatic carbocycles. The molecule has 17 heavy (non-hydrogen) atoms. The van der Waals surface area contributed by atoms with Gasteiger partial charge in [-0.2, -0.15) is 0 Å². The lowest BCUT2D eigenvalue weighted by Crippen LogP contribution is -2.27. The van der Waals surface area contributed by atoms with Crippen LogP contribution in [0, 0.1) is 0 Å². The molecule has 0 aliphatic heterocycles. The summed E-state index contributed by atoms with van der Waals surface area (Å²) in [5.41, 5.74) is 0.961. The van der Waals surface area contributed by atoms with Crippen molar-refractivity contribution in [2.45, 2.75) is 4.90 Å². The molecule has 1 aromatic rings. The first-order valence-electron chi connectivity index (χ1n) is 4.94. The van der Waals surface area contributed by atoms with E-state index in [1.54, 1.807) is 12.1 Å². The second-order valence-electron chi connectivity index (χ2n) is 3.56. The summed E-state index contributed by atoms with van der Waals surface area (Å²) in [5, 5.41) is 8.06. The molecular weight excluding hydrogens is 262 g/mol. The summed E-state index contributed by atoms with van der Waals surface area (Å²) in [6.45, 7) is 1.72. The molecule has 0 aliphatic rings. The number of nitrogens with zero attached hydrogens (tertiary/aromatic N) is 1. The minimum atomic E-state index is -3.59. The number of rotatable bonds is 5. The van der Waals surface area contributed by atoms with E-state index in [0.717, 1.165) is 18.8 Å². The van der Waals surface area contributed by atoms with Crippen LogP contribution in [0.25, 0.3) is 0 Å². The van der Waals surface area contributed by atoms with E-state index in [2.05, 4.69) is 5.32 Å². The first-order chi connectivity index (χ1) is 7.45. The Bertz CT molecular complexity index is 433. The lowest BCUT2D eigenvalue weighted by molar-refractivity contribution is 0.598. The number of hydrogen-bond acceptors (Lipinski definition) is 4. The molecule has 0 spiro atoms. The van der Waals surface area contributed by atoms with Crippen LogP contribution in [0.3, 0.4) is 0 Å². The topological polar surface area (TPSA) is 75.4 Å². The van der Waals surface area contributed by atoms with Gasteiger partial charge in [0.25, 0.3) is 0 Å². The van der Waals surface area contributed by atoms with Crippen LogP contribution in [0.4, 0.5) is 5.69 Å². The fourth-order valence-electron chi connectivity index (χ4n) is 1.30. The van der Waals surface area contributed by atoms with E-state index in [1.807, 2.05) is 19.0 Å². The Morgan fingerprint density at radius 3 is 2.24 bits per heavy atom. The number of hydrogen-bond donors (Lipinski definition) is 2. The first-order valence-corrected chi connectivity index (χ1v) is 6.48. The van der Waals surface area contributed by atoms with Crippen molar-refractivity contribution in [1.82, 2.24) is 5.32 Å². The van der Waals surface area contributed by atoms with Gasteiger partial charge in [0.1, 0.15) is 0 Å². The number of anilines is 1. The van der Waals surface area contributed by atoms with Gasteiger partial charge in [-0.1, -0.05) is 0 Å². The van der Waals surface area contributed by atoms with Crippen LogP contribution >= 0.6 is 12.4 Å². The molecule has 5 nitrogen and oxygen atoms in total. The summed E-state index contributed by atoms with van der Waals surface area (Å²) in [5.74, 6) is 0. The Morgan fingerprint density at radius 1 is 1.29 bits per heavy atom. The third-order valence-corrected chi connectivity index (χ3v) is 3.23. The fourth-order valence-corrected chi connectivity index (χ4v) is 1.81. The highest BCUT2D eigenvalue weighted by molar-refractivity contribution is 7.89. The highest BCUT2D eigenvalue weighted by Crippen LogP contribution is 2.15. The predicted octanol–water partition coefficient (Wildman–Crippen LogP) is 0.411. The molecule has 0 heterocycles. The van der Waals surface area contributed by atoms with E-state index in [0.29, 0.717) is 0 Å². The van der Waals surface area contributed by atoms with Gasteiger partial charge in [-0.25, -0.2) is 13.6 Å². The SMILES string of the molecule is CNCCN(C)c1ccc(S(N)(=O)=O)cc1.Cl. The van der Waals surface area contributed by atoms with Crippen LogP contribution < -0.4 is 15.4 Å². The Labute approximate surface area is 108 Å². The first kappa shape index (κ1) is 16.2. The van der Waals surface area contributed by atoms with E-state index in [4.69, 9.17) is 5.14 Å². The van der Waals surface area contributed by atoms with Crippen molar-refractivity contribution in [1.29, 1.82) is 0 Å². The van der Waals surface area contributed by atoms with Crippen molar-refractivity contribution in [3.63, 3.8) is 0 Å². The van der Waals surface area contributed by atoms with Crippen LogP contribution in [-0.4, -0.2) is 35.6 Å². The molecule has 0 aromatic heterocycles. The van der Waals surface area contributed by atoms with Crippen molar-refractivity contribution in [2.75, 3.05) is 32.1 Å². The van der Waals surface area contributed by atoms with Gasteiger partial charge in [0, 0.05) is 25.8 Å². The van der Waals surface area contributed by atoms with E-state index in [-0.39, 0.29) is 17.3 Å². The van der Waals surface area contributed by atoms with Crippen molar-refractivity contribution < 1.29 is 8.42 Å². The average Bonchev–Trinajstić information content (AvgIpc) is 2.25. The number of benzene rings is 1. The van der Waals surface area contributed by atoms with Gasteiger partial charge in [-0.05, 0) is 31.3 Å². The van der Waals surface area contributed by atoms with Crippen LogP contribution in [0.1, 0.15) is 0 Å². The van der Waals surface area contributed by atoms with E-state index < -0.39 is 10.0 Å². The summed E-state index contributed by atoms with van der Waals surface area (Å²) in [6.07, 6.45) is 0. The molecule has 0 saturated carbocycles. The maximum Gasteiger partial charge on any atom is 0.238 e. The average molecular weight is 280 g/mol. The van der Waals surface area contributed by atoms with Gasteiger partial charge in [-0.3, -0.25) is 0 Å². The number of halogens is 1. The fraction of sp³-hybridized carbons (Fsp3) is 0.400. The van der Waals surface area contributed by atoms with Crippen molar-refractivity contribution in [3.8, 4) is 0 Å². The Morgan fingerprint density at radius 2 is 1.82 bits per heavy atom. The number of likely N-dealkylation sites (N-methyl/N-ethyl adjacent to an activating group) is 2. The van der Waals surface area contributed by atoms with Gasteiger partial charge in [0.05, 0.1) is 4.90 Å². The molecule has 0 bridgehead atoms. The monoisotopic (exact) mass is 279 g/mol. The highest BCUT2D eigenvalue weighted by Gasteiger charge is 2.07. The van der Waals surface area contributed by atoms with E-state index in [9.17, 15) is 8.42 Å². The zero-order valence-electron chi connectivity index (χ0n) is 9.88. The number of primary sulfonamides is 1. The summed E-state index contributed by atoms with van der Waals surface area (Å²) in [7, 11) is 0.241. The predicted molar refractivity (Wildman–Crippen MR) is 72.3 cm³/mol. The molecule has 7 heteroatoms. The zero-order valence-corrected chi connectivity index (χ0v) is 11.5. The largest absolute Gasteiger partial charge is 0.373 e. The molecule has 0 saturated heterocycles. The Kier molecular flexibility index (Phi) is 6.48. The smallest absolute Gasteiger partial charge is 0.238 e. The summed E-state index contributed by atoms with van der Waals surface area (Å²) in [6, 6.07) is 6.52. The van der Waals surface area contributed by atoms with Crippen molar-refractivity contribution >= 4 is 28.1 Å². The maximum absolute atomic E-state index is 11.0. The van der Waals surface area contributed by atoms with Gasteiger partial charge < -0.3 is 10.2 Å². The summed E-state index contributed by atoms with van der Waals surface area (Å²) < 4.78 is 22.1. The number of sulfonamides is 1. The molecule has 98 valence electrons. The quantitative estimate of drug-likeness (QED) is 0.819. The van der Waals surface area contributed by atoms with Crippen LogP contribution in [-0.2, 0) is 10.0 Å². The van der Waals surface area contributed by atoms with Gasteiger partial charge in [-0.15, -0.1) is 12.4 Å². The molecule has 0 radical (unpaired) electrons. The molecule has 0 fully saturated rings. The van der Waals surface area contributed by atoms with Gasteiger partial charge in [0.15, 0.2) is 0 Å². The van der Waals surface area contributed by atoms with Crippen molar-refractivity contribution in [2.24, 2.45) is 5.14 Å². The highest BCUT2D eigenvalue weighted by atomic mass is 35.5. The molecular formula is C10H18ClN3O2S. The zero-order chi connectivity index (χ0) is 12.2. The van der Waals surface area contributed by atoms with Crippen molar-refractivity contribution in [3.05, 3.63) is 24.3 Å². The maximum atomic E-state index is 11.0. The number of nitrogens with one attached hydrogen (secondary N) is 1. The second kappa shape index (κ2) is 6.80. The molecule has 0 atom stereocenters. The lowest BCUT2D eigenvalue weighted by Gasteiger charge is -2.19. The van der Waals surface area contributed by atoms with Crippen LogP contribution in [0.5, 0.6) is 0 Å². The van der Waals surface area contributed by atoms with E-state index >= 15 is 0 Å². The third kappa shape index (κ3) is 4.91. The minimum absolute atomic E-state index is 0. The molecule has 1 rings (SSSR count). The van der Waals surface area contributed by atoms with Gasteiger partial charge >= 0.3 is 0 Å². The third-order valence-electron chi connectivity index (χ3n) is 2.30. The standard InChI is InChI=1S/C10H17N3O2S.ClH/c1-12-7-8-13(2)9-3-5-10(6-4-9)16(11,14)15;/h3-6,12H,7-8H2,1-2H3,(H2,11,14,15);1H.